The molecule has 10 heteroatoms. The van der Waals surface area contributed by atoms with Crippen LogP contribution in [0, 0.1) is 0 Å². The fourth-order valence-corrected chi connectivity index (χ4v) is 5.35. The highest BCUT2D eigenvalue weighted by Gasteiger charge is 2.29. The van der Waals surface area contributed by atoms with Gasteiger partial charge in [-0.2, -0.15) is 4.72 Å². The molecule has 1 aliphatic rings. The van der Waals surface area contributed by atoms with Gasteiger partial charge in [-0.1, -0.05) is 0 Å². The zero-order chi connectivity index (χ0) is 23.7. The Morgan fingerprint density at radius 2 is 1.85 bits per heavy atom. The lowest BCUT2D eigenvalue weighted by Gasteiger charge is -2.30. The second-order valence-electron chi connectivity index (χ2n) is 8.23. The maximum Gasteiger partial charge on any atom is 0.241 e. The number of H-pyrrole nitrogens is 1. The van der Waals surface area contributed by atoms with Gasteiger partial charge >= 0.3 is 0 Å². The third kappa shape index (κ3) is 6.94. The molecule has 0 bridgehead atoms. The molecule has 1 aliphatic heterocycles. The van der Waals surface area contributed by atoms with Crippen molar-refractivity contribution < 1.29 is 13.2 Å². The number of imidazole rings is 1. The van der Waals surface area contributed by atoms with E-state index in [9.17, 15) is 13.2 Å². The van der Waals surface area contributed by atoms with Crippen molar-refractivity contribution in [1.82, 2.24) is 19.6 Å². The maximum atomic E-state index is 13.2. The van der Waals surface area contributed by atoms with Crippen LogP contribution < -0.4 is 14.9 Å². The minimum Gasteiger partial charge on any atom is -0.372 e. The summed E-state index contributed by atoms with van der Waals surface area (Å²) in [5.74, 6) is 0.513. The Labute approximate surface area is 197 Å². The summed E-state index contributed by atoms with van der Waals surface area (Å²) in [5, 5.41) is 3.15. The van der Waals surface area contributed by atoms with E-state index in [4.69, 9.17) is 0 Å². The van der Waals surface area contributed by atoms with E-state index in [2.05, 4.69) is 38.8 Å². The van der Waals surface area contributed by atoms with Crippen LogP contribution in [0.5, 0.6) is 0 Å². The van der Waals surface area contributed by atoms with Gasteiger partial charge in [0.05, 0.1) is 4.90 Å². The standard InChI is InChI=1S/C23H36N6O3S/c1-3-28(4-2)19-10-12-20(13-11-19)33(31,32)27-21(22(30)29-17-6-5-7-18-29)9-8-14-24-23-25-15-16-26-23/h10-13,15-16,21,27H,3-9,14,17-18H2,1-2H3,(H2,24,25,26)/t21-/m0/s1. The van der Waals surface area contributed by atoms with Crippen LogP contribution in [0.1, 0.15) is 46.0 Å². The topological polar surface area (TPSA) is 110 Å². The highest BCUT2D eigenvalue weighted by Crippen LogP contribution is 2.19. The monoisotopic (exact) mass is 476 g/mol. The molecule has 1 atom stereocenters. The summed E-state index contributed by atoms with van der Waals surface area (Å²) in [6.45, 7) is 7.76. The van der Waals surface area contributed by atoms with Crippen LogP contribution in [-0.2, 0) is 14.8 Å². The number of benzene rings is 1. The number of hydrogen-bond acceptors (Lipinski definition) is 6. The maximum absolute atomic E-state index is 13.2. The van der Waals surface area contributed by atoms with E-state index in [-0.39, 0.29) is 10.8 Å². The van der Waals surface area contributed by atoms with Gasteiger partial charge in [0.2, 0.25) is 15.9 Å². The summed E-state index contributed by atoms with van der Waals surface area (Å²) < 4.78 is 29.0. The largest absolute Gasteiger partial charge is 0.372 e. The van der Waals surface area contributed by atoms with Crippen LogP contribution in [0.25, 0.3) is 0 Å². The Kier molecular flexibility index (Phi) is 9.13. The number of likely N-dealkylation sites (tertiary alicyclic amines) is 1. The van der Waals surface area contributed by atoms with E-state index in [1.54, 1.807) is 29.4 Å². The predicted molar refractivity (Wildman–Crippen MR) is 131 cm³/mol. The molecule has 0 spiro atoms. The minimum absolute atomic E-state index is 0.143. The van der Waals surface area contributed by atoms with Crippen LogP contribution >= 0.6 is 0 Å². The number of piperidine rings is 1. The molecule has 3 rings (SSSR count). The van der Waals surface area contributed by atoms with Gasteiger partial charge in [0.1, 0.15) is 6.04 Å². The molecule has 182 valence electrons. The van der Waals surface area contributed by atoms with Crippen LogP contribution in [0.3, 0.4) is 0 Å². The number of aromatic amines is 1. The van der Waals surface area contributed by atoms with Crippen LogP contribution in [-0.4, -0.2) is 68.0 Å². The molecule has 2 aromatic rings. The summed E-state index contributed by atoms with van der Waals surface area (Å²) in [5.41, 5.74) is 0.976. The number of rotatable bonds is 12. The molecule has 0 aliphatic carbocycles. The highest BCUT2D eigenvalue weighted by molar-refractivity contribution is 7.89. The third-order valence-electron chi connectivity index (χ3n) is 6.00. The molecule has 9 nitrogen and oxygen atoms in total. The molecular formula is C23H36N6O3S. The lowest BCUT2D eigenvalue weighted by molar-refractivity contribution is -0.134. The quantitative estimate of drug-likeness (QED) is 0.406. The van der Waals surface area contributed by atoms with E-state index in [1.165, 1.54) is 0 Å². The molecule has 3 N–H and O–H groups in total. The number of amides is 1. The number of nitrogens with zero attached hydrogens (tertiary/aromatic N) is 3. The fraction of sp³-hybridized carbons (Fsp3) is 0.565. The predicted octanol–water partition coefficient (Wildman–Crippen LogP) is 2.81. The lowest BCUT2D eigenvalue weighted by Crippen LogP contribution is -2.50. The van der Waals surface area contributed by atoms with Crippen molar-refractivity contribution in [2.24, 2.45) is 0 Å². The summed E-state index contributed by atoms with van der Waals surface area (Å²) >= 11 is 0. The smallest absolute Gasteiger partial charge is 0.241 e. The van der Waals surface area contributed by atoms with Gasteiger partial charge < -0.3 is 20.1 Å². The average molecular weight is 477 g/mol. The lowest BCUT2D eigenvalue weighted by atomic mass is 10.1. The Balaban J connectivity index is 1.69. The number of hydrogen-bond donors (Lipinski definition) is 3. The summed E-state index contributed by atoms with van der Waals surface area (Å²) in [4.78, 5) is 24.4. The molecule has 0 saturated carbocycles. The van der Waals surface area contributed by atoms with E-state index < -0.39 is 16.1 Å². The number of anilines is 2. The molecule has 1 fully saturated rings. The summed E-state index contributed by atoms with van der Waals surface area (Å²) in [6, 6.07) is 6.05. The Morgan fingerprint density at radius 3 is 2.45 bits per heavy atom. The Hall–Kier alpha value is -2.59. The molecule has 0 unspecified atom stereocenters. The first-order chi connectivity index (χ1) is 15.9. The van der Waals surface area contributed by atoms with Crippen molar-refractivity contribution in [3.63, 3.8) is 0 Å². The Morgan fingerprint density at radius 1 is 1.15 bits per heavy atom. The van der Waals surface area contributed by atoms with E-state index >= 15 is 0 Å². The average Bonchev–Trinajstić information content (AvgIpc) is 3.36. The van der Waals surface area contributed by atoms with Crippen molar-refractivity contribution in [3.05, 3.63) is 36.7 Å². The molecule has 1 aromatic heterocycles. The molecule has 33 heavy (non-hydrogen) atoms. The van der Waals surface area contributed by atoms with Gasteiger partial charge in [0.15, 0.2) is 5.95 Å². The highest BCUT2D eigenvalue weighted by atomic mass is 32.2. The fourth-order valence-electron chi connectivity index (χ4n) is 4.12. The summed E-state index contributed by atoms with van der Waals surface area (Å²) in [6.07, 6.45) is 7.42. The normalized spacial score (nSPS) is 15.3. The SMILES string of the molecule is CCN(CC)c1ccc(S(=O)(=O)N[C@@H](CCCNc2ncc[nH]2)C(=O)N2CCCCC2)cc1. The first-order valence-electron chi connectivity index (χ1n) is 11.8. The molecule has 1 aromatic carbocycles. The third-order valence-corrected chi connectivity index (χ3v) is 7.49. The van der Waals surface area contributed by atoms with Gasteiger partial charge in [-0.3, -0.25) is 4.79 Å². The second-order valence-corrected chi connectivity index (χ2v) is 9.95. The van der Waals surface area contributed by atoms with E-state index in [0.29, 0.717) is 38.4 Å². The molecular weight excluding hydrogens is 440 g/mol. The van der Waals surface area contributed by atoms with Gasteiger partial charge in [0.25, 0.3) is 0 Å². The van der Waals surface area contributed by atoms with E-state index in [1.807, 2.05) is 12.1 Å². The summed E-state index contributed by atoms with van der Waals surface area (Å²) in [7, 11) is -3.83. The number of aromatic nitrogens is 2. The van der Waals surface area contributed by atoms with Crippen molar-refractivity contribution in [3.8, 4) is 0 Å². The number of sulfonamides is 1. The molecule has 1 amide bonds. The Bertz CT molecular complexity index is 953. The number of carbonyl (C=O) groups is 1. The van der Waals surface area contributed by atoms with Crippen LogP contribution in [0.2, 0.25) is 0 Å². The first-order valence-corrected chi connectivity index (χ1v) is 13.3. The van der Waals surface area contributed by atoms with E-state index in [0.717, 1.165) is 38.0 Å². The van der Waals surface area contributed by atoms with Crippen LogP contribution in [0.15, 0.2) is 41.6 Å². The molecule has 2 heterocycles. The van der Waals surface area contributed by atoms with Gasteiger partial charge in [-0.25, -0.2) is 13.4 Å². The van der Waals surface area contributed by atoms with Crippen molar-refractivity contribution in [1.29, 1.82) is 0 Å². The van der Waals surface area contributed by atoms with Crippen molar-refractivity contribution in [2.75, 3.05) is 42.9 Å². The van der Waals surface area contributed by atoms with Gasteiger partial charge in [-0.05, 0) is 70.2 Å². The van der Waals surface area contributed by atoms with Gasteiger partial charge in [0, 0.05) is 50.8 Å². The number of carbonyl (C=O) groups excluding carboxylic acids is 1. The van der Waals surface area contributed by atoms with Crippen molar-refractivity contribution >= 4 is 27.6 Å². The zero-order valence-corrected chi connectivity index (χ0v) is 20.4. The molecule has 1 saturated heterocycles. The second kappa shape index (κ2) is 12.0. The van der Waals surface area contributed by atoms with Gasteiger partial charge in [-0.15, -0.1) is 0 Å². The first kappa shape index (κ1) is 25.0. The van der Waals surface area contributed by atoms with Crippen molar-refractivity contribution in [2.45, 2.75) is 56.9 Å². The van der Waals surface area contributed by atoms with Crippen LogP contribution in [0.4, 0.5) is 11.6 Å². The molecule has 0 radical (unpaired) electrons. The minimum atomic E-state index is -3.83. The zero-order valence-electron chi connectivity index (χ0n) is 19.6. The number of nitrogens with one attached hydrogen (secondary N) is 3.